The Kier molecular flexibility index (Phi) is 196. The van der Waals surface area contributed by atoms with Gasteiger partial charge in [0.2, 0.25) is 29.5 Å². The summed E-state index contributed by atoms with van der Waals surface area (Å²) in [5, 5.41) is 117. The maximum atomic E-state index is 9.86. The van der Waals surface area contributed by atoms with Crippen LogP contribution in [0.2, 0.25) is 0 Å². The van der Waals surface area contributed by atoms with Gasteiger partial charge in [-0.1, -0.05) is 0 Å². The van der Waals surface area contributed by atoms with Crippen LogP contribution in [0, 0.1) is 0 Å². The van der Waals surface area contributed by atoms with E-state index in [0.717, 1.165) is 34.6 Å². The lowest BCUT2D eigenvalue weighted by Gasteiger charge is -2.06. The highest BCUT2D eigenvalue weighted by Crippen LogP contribution is 1.86. The average molecular weight is 1320 g/mol. The highest BCUT2D eigenvalue weighted by Gasteiger charge is 2.16. The normalized spacial score (nSPS) is 8.61. The van der Waals surface area contributed by atoms with Crippen molar-refractivity contribution in [3.8, 4) is 0 Å². The fourth-order valence-corrected chi connectivity index (χ4v) is 0.264. The zero-order valence-electron chi connectivity index (χ0n) is 55.6. The Hall–Kier alpha value is -8.41. The van der Waals surface area contributed by atoms with Gasteiger partial charge in [0.15, 0.2) is 0 Å². The van der Waals surface area contributed by atoms with E-state index in [1.165, 1.54) is 125 Å². The summed E-state index contributed by atoms with van der Waals surface area (Å²) in [6.07, 6.45) is -2.49. The van der Waals surface area contributed by atoms with E-state index >= 15 is 0 Å². The van der Waals surface area contributed by atoms with Crippen molar-refractivity contribution in [2.75, 3.05) is 33.0 Å². The number of Topliss-reactive ketones (excluding diaryl/α,β-unsaturated/α-hetero) is 5. The summed E-state index contributed by atoms with van der Waals surface area (Å²) >= 11 is 0. The van der Waals surface area contributed by atoms with Gasteiger partial charge in [-0.3, -0.25) is 57.5 Å². The number of amides is 5. The zero-order chi connectivity index (χ0) is 78.2. The summed E-state index contributed by atoms with van der Waals surface area (Å²) in [7, 11) is 0. The Morgan fingerprint density at radius 2 is 0.382 bits per heavy atom. The molecular formula is C50H113N7O32. The molecule has 0 rings (SSSR count). The van der Waals surface area contributed by atoms with Crippen molar-refractivity contribution in [3.05, 3.63) is 0 Å². The molecule has 0 aliphatic heterocycles. The summed E-state index contributed by atoms with van der Waals surface area (Å²) in [5.41, 5.74) is 32.1. The Morgan fingerprint density at radius 3 is 0.382 bits per heavy atom. The van der Waals surface area contributed by atoms with E-state index in [0.29, 0.717) is 0 Å². The second kappa shape index (κ2) is 125. The molecule has 4 atom stereocenters. The van der Waals surface area contributed by atoms with Gasteiger partial charge in [0.1, 0.15) is 47.1 Å². The van der Waals surface area contributed by atoms with E-state index in [1.807, 2.05) is 0 Å². The topological polar surface area (TPSA) is 776 Å². The van der Waals surface area contributed by atoms with E-state index in [1.54, 1.807) is 0 Å². The molecule has 0 radical (unpaired) electrons. The maximum Gasteiger partial charge on any atom is 0.323 e. The number of aliphatic carboxylic acids is 7. The molecule has 0 heterocycles. The van der Waals surface area contributed by atoms with Gasteiger partial charge in [-0.2, -0.15) is 0 Å². The summed E-state index contributed by atoms with van der Waals surface area (Å²) in [6, 6.07) is -1.89. The molecule has 0 bridgehead atoms. The Balaban J connectivity index is -0.0000000314. The van der Waals surface area contributed by atoms with Crippen LogP contribution in [0.4, 0.5) is 0 Å². The van der Waals surface area contributed by atoms with Crippen molar-refractivity contribution in [1.29, 1.82) is 0 Å². The molecule has 0 aromatic carbocycles. The van der Waals surface area contributed by atoms with Gasteiger partial charge >= 0.3 is 11.9 Å². The number of carbonyl (C=O) groups is 17. The maximum absolute atomic E-state index is 9.86. The highest BCUT2D eigenvalue weighted by atomic mass is 16.4. The van der Waals surface area contributed by atoms with E-state index in [9.17, 15) is 57.5 Å². The molecule has 1 unspecified atom stereocenters. The molecule has 0 aliphatic rings. The predicted molar refractivity (Wildman–Crippen MR) is 324 cm³/mol. The molecule has 29 N–H and O–H groups in total. The second-order valence-electron chi connectivity index (χ2n) is 15.4. The Labute approximate surface area is 520 Å². The minimum Gasteiger partial charge on any atom is -0.481 e. The van der Waals surface area contributed by atoms with Gasteiger partial charge in [0.25, 0.3) is 29.8 Å². The van der Waals surface area contributed by atoms with Crippen LogP contribution < -0.4 is 40.1 Å². The van der Waals surface area contributed by atoms with E-state index in [2.05, 4.69) is 28.7 Å². The van der Waals surface area contributed by atoms with Crippen LogP contribution in [0.3, 0.4) is 0 Å². The number of ketones is 5. The van der Waals surface area contributed by atoms with Crippen molar-refractivity contribution < 1.29 is 158 Å². The largest absolute Gasteiger partial charge is 0.481 e. The third-order valence-electron chi connectivity index (χ3n) is 1.98. The lowest BCUT2D eigenvalue weighted by Crippen LogP contribution is -2.39. The number of hydrogen-bond donors (Lipinski definition) is 22. The van der Waals surface area contributed by atoms with E-state index in [-0.39, 0.29) is 91.5 Å². The van der Waals surface area contributed by atoms with Crippen LogP contribution in [0.5, 0.6) is 0 Å². The van der Waals surface area contributed by atoms with Gasteiger partial charge in [-0.15, -0.1) is 0 Å². The first-order valence-electron chi connectivity index (χ1n) is 23.9. The number of carboxylic acids is 7. The monoisotopic (exact) mass is 1320 g/mol. The van der Waals surface area contributed by atoms with Crippen molar-refractivity contribution in [3.63, 3.8) is 0 Å². The molecule has 0 aliphatic carbocycles. The van der Waals surface area contributed by atoms with Crippen LogP contribution in [0.1, 0.15) is 159 Å². The quantitative estimate of drug-likeness (QED) is 0.115. The molecule has 0 spiro atoms. The first-order valence-corrected chi connectivity index (χ1v) is 23.9. The zero-order valence-corrected chi connectivity index (χ0v) is 55.6. The average Bonchev–Trinajstić information content (AvgIpc) is 3.23. The Bertz CT molecular complexity index is 1310. The summed E-state index contributed by atoms with van der Waals surface area (Å²) in [5.74, 6) is -7.14. The third kappa shape index (κ3) is 4270. The standard InChI is InChI=1S/C4H9NO3.C3H7NO2.C3H8O3.C3H8O2.5C3H6O.5C2H5NO.5C2H4O2.C2H6O2/c1-2(6)3(5)4(7)8;1-2(4)3(5)6;4-1-3(6)2-5;1-3(5)2-4;5*1-3(2)4;10*1-2(3)4;3-1-2-4/h2-3,6H,5H2,1H3,(H,7,8);2H,4H2,1H3,(H,5,6);3-6H,1-2H2;3-5H,2H2,1H3;5*1-2H3;5*1H3,(H2,3,4);5*1H3,(H,3,4);3-4H,1-2H2/t2-,3+;2-;;;;;;;;;;;;;;;;;;/m10................../s1. The van der Waals surface area contributed by atoms with Crippen molar-refractivity contribution in [1.82, 2.24) is 0 Å². The number of rotatable bonds is 7. The molecule has 39 nitrogen and oxygen atoms in total. The van der Waals surface area contributed by atoms with Gasteiger partial charge in [0, 0.05) is 69.2 Å². The summed E-state index contributed by atoms with van der Waals surface area (Å²) < 4.78 is 0. The minimum absolute atomic E-state index is 0.125. The predicted octanol–water partition coefficient (Wildman–Crippen LogP) is -4.25. The summed E-state index contributed by atoms with van der Waals surface area (Å²) in [4.78, 5) is 158. The van der Waals surface area contributed by atoms with E-state index < -0.39 is 72.2 Å². The molecule has 89 heavy (non-hydrogen) atoms. The Morgan fingerprint density at radius 1 is 0.292 bits per heavy atom. The molecular weight excluding hydrogens is 1210 g/mol. The molecule has 0 aromatic heterocycles. The number of aliphatic hydroxyl groups is 8. The first-order chi connectivity index (χ1) is 39.2. The summed E-state index contributed by atoms with van der Waals surface area (Å²) in [6.45, 7) is 30.4. The lowest BCUT2D eigenvalue weighted by atomic mass is 10.2. The van der Waals surface area contributed by atoms with Gasteiger partial charge < -0.3 is 141 Å². The van der Waals surface area contributed by atoms with Crippen LogP contribution in [-0.2, 0) is 81.5 Å². The van der Waals surface area contributed by atoms with Crippen molar-refractivity contribution in [2.24, 2.45) is 40.1 Å². The molecule has 540 valence electrons. The van der Waals surface area contributed by atoms with Gasteiger partial charge in [0.05, 0.1) is 45.2 Å². The molecule has 5 amide bonds. The van der Waals surface area contributed by atoms with Gasteiger partial charge in [-0.05, 0) is 90.0 Å². The third-order valence-corrected chi connectivity index (χ3v) is 1.98. The smallest absolute Gasteiger partial charge is 0.323 e. The fraction of sp³-hybridized carbons (Fsp3) is 0.660. The molecule has 0 saturated heterocycles. The molecule has 39 heteroatoms. The minimum atomic E-state index is -1.18. The van der Waals surface area contributed by atoms with Crippen molar-refractivity contribution >= 4 is 100 Å². The number of primary amides is 5. The second-order valence-corrected chi connectivity index (χ2v) is 15.4. The van der Waals surface area contributed by atoms with Crippen molar-refractivity contribution in [2.45, 2.75) is 190 Å². The highest BCUT2D eigenvalue weighted by molar-refractivity contribution is 5.75. The number of carbonyl (C=O) groups excluding carboxylic acids is 10. The number of nitrogens with two attached hydrogens (primary N) is 7. The van der Waals surface area contributed by atoms with Gasteiger partial charge in [-0.25, -0.2) is 0 Å². The van der Waals surface area contributed by atoms with E-state index in [4.69, 9.17) is 112 Å². The molecule has 0 aromatic rings. The number of hydrogen-bond acceptors (Lipinski definition) is 27. The first kappa shape index (κ1) is 139. The number of aliphatic hydroxyl groups excluding tert-OH is 8. The van der Waals surface area contributed by atoms with Crippen LogP contribution in [0.15, 0.2) is 0 Å². The fourth-order valence-electron chi connectivity index (χ4n) is 0.264. The lowest BCUT2D eigenvalue weighted by molar-refractivity contribution is -0.141. The molecule has 0 fully saturated rings. The number of carboxylic acid groups (broad SMARTS) is 7. The van der Waals surface area contributed by atoms with Crippen LogP contribution in [-0.4, -0.2) is 240 Å². The molecule has 0 saturated carbocycles. The van der Waals surface area contributed by atoms with Crippen LogP contribution in [0.25, 0.3) is 0 Å². The SMILES string of the molecule is CC(=O)O.CC(=O)O.CC(=O)O.CC(=O)O.CC(=O)O.CC(C)=O.CC(C)=O.CC(C)=O.CC(C)=O.CC(C)=O.CC(N)=O.CC(N)=O.CC(N)=O.CC(N)=O.CC(N)=O.CC(O)CO.C[C@@H](O)[C@H](N)C(=O)O.C[C@H](N)C(=O)O.OCC(O)CO.OCCO. The van der Waals surface area contributed by atoms with Crippen LogP contribution >= 0.6 is 0 Å².